The van der Waals surface area contributed by atoms with E-state index in [9.17, 15) is 14.4 Å². The van der Waals surface area contributed by atoms with Gasteiger partial charge in [-0.15, -0.1) is 0 Å². The van der Waals surface area contributed by atoms with Crippen molar-refractivity contribution >= 4 is 29.1 Å². The fourth-order valence-electron chi connectivity index (χ4n) is 1.49. The van der Waals surface area contributed by atoms with Crippen LogP contribution < -0.4 is 5.32 Å². The zero-order chi connectivity index (χ0) is 18.0. The summed E-state index contributed by atoms with van der Waals surface area (Å²) in [6.07, 6.45) is -0.130. The van der Waals surface area contributed by atoms with E-state index < -0.39 is 29.1 Å². The molecule has 0 saturated carbocycles. The molecule has 1 atom stereocenters. The molecule has 0 rings (SSSR count). The highest BCUT2D eigenvalue weighted by molar-refractivity contribution is 6.61. The lowest BCUT2D eigenvalue weighted by Crippen LogP contribution is -2.44. The summed E-state index contributed by atoms with van der Waals surface area (Å²) >= 11 is 5.05. The molecule has 134 valence electrons. The molecule has 0 aliphatic rings. The molecule has 23 heavy (non-hydrogen) atoms. The number of nitrogens with one attached hydrogen (secondary N) is 1. The average Bonchev–Trinajstić information content (AvgIpc) is 2.37. The molecule has 0 heterocycles. The molecule has 0 spiro atoms. The number of rotatable bonds is 8. The van der Waals surface area contributed by atoms with Crippen molar-refractivity contribution in [2.24, 2.45) is 5.92 Å². The lowest BCUT2D eigenvalue weighted by Gasteiger charge is -2.23. The number of ether oxygens (including phenoxy) is 3. The Morgan fingerprint density at radius 3 is 2.22 bits per heavy atom. The van der Waals surface area contributed by atoms with Crippen LogP contribution in [0.15, 0.2) is 0 Å². The Hall–Kier alpha value is -1.50. The summed E-state index contributed by atoms with van der Waals surface area (Å²) in [5.41, 5.74) is -1.59. The Balaban J connectivity index is 4.55. The molecule has 0 bridgehead atoms. The van der Waals surface area contributed by atoms with Crippen molar-refractivity contribution < 1.29 is 28.6 Å². The maximum atomic E-state index is 12.1. The number of hydrogen-bond donors (Lipinski definition) is 1. The summed E-state index contributed by atoms with van der Waals surface area (Å²) in [6.45, 7) is 9.27. The van der Waals surface area contributed by atoms with Crippen molar-refractivity contribution in [3.05, 3.63) is 0 Å². The van der Waals surface area contributed by atoms with Gasteiger partial charge in [0.25, 0.3) is 0 Å². The number of carbonyl (C=O) groups excluding carboxylic acids is 3. The molecule has 0 saturated heterocycles. The van der Waals surface area contributed by atoms with E-state index in [2.05, 4.69) is 10.1 Å². The maximum Gasteiger partial charge on any atom is 0.408 e. The molecule has 0 aromatic carbocycles. The molecule has 0 aromatic heterocycles. The van der Waals surface area contributed by atoms with Gasteiger partial charge in [0.2, 0.25) is 0 Å². The molecule has 7 nitrogen and oxygen atoms in total. The number of amides is 1. The Morgan fingerprint density at radius 1 is 1.13 bits per heavy atom. The second kappa shape index (κ2) is 10.3. The van der Waals surface area contributed by atoms with Crippen molar-refractivity contribution in [1.82, 2.24) is 5.32 Å². The Morgan fingerprint density at radius 2 is 1.74 bits per heavy atom. The van der Waals surface area contributed by atoms with E-state index in [-0.39, 0.29) is 25.6 Å². The van der Waals surface area contributed by atoms with Crippen LogP contribution in [0.1, 0.15) is 47.5 Å². The lowest BCUT2D eigenvalue weighted by atomic mass is 10.1. The molecule has 0 aliphatic carbocycles. The van der Waals surface area contributed by atoms with Crippen LogP contribution in [0.2, 0.25) is 0 Å². The van der Waals surface area contributed by atoms with Gasteiger partial charge in [0.1, 0.15) is 11.6 Å². The first-order valence-corrected chi connectivity index (χ1v) is 7.87. The quantitative estimate of drug-likeness (QED) is 0.312. The Kier molecular flexibility index (Phi) is 9.64. The Bertz CT molecular complexity index is 405. The van der Waals surface area contributed by atoms with Gasteiger partial charge in [0, 0.05) is 11.6 Å². The molecule has 1 amide bonds. The van der Waals surface area contributed by atoms with E-state index in [1.54, 1.807) is 20.8 Å². The van der Waals surface area contributed by atoms with Crippen molar-refractivity contribution in [3.63, 3.8) is 0 Å². The molecule has 0 fully saturated rings. The highest BCUT2D eigenvalue weighted by Gasteiger charge is 2.25. The van der Waals surface area contributed by atoms with E-state index in [1.165, 1.54) is 0 Å². The van der Waals surface area contributed by atoms with Gasteiger partial charge in [-0.2, -0.15) is 0 Å². The fourth-order valence-corrected chi connectivity index (χ4v) is 1.57. The van der Waals surface area contributed by atoms with Crippen LogP contribution in [-0.4, -0.2) is 42.3 Å². The average molecular weight is 352 g/mol. The lowest BCUT2D eigenvalue weighted by molar-refractivity contribution is -0.147. The van der Waals surface area contributed by atoms with E-state index in [0.29, 0.717) is 6.42 Å². The number of esters is 1. The third-order valence-electron chi connectivity index (χ3n) is 2.39. The summed E-state index contributed by atoms with van der Waals surface area (Å²) in [5.74, 6) is -0.375. The van der Waals surface area contributed by atoms with Crippen LogP contribution in [-0.2, 0) is 19.0 Å². The molecule has 0 radical (unpaired) electrons. The molecule has 0 unspecified atom stereocenters. The fraction of sp³-hybridized carbons (Fsp3) is 0.800. The van der Waals surface area contributed by atoms with Gasteiger partial charge >= 0.3 is 17.5 Å². The standard InChI is InChI=1S/C15H26ClNO6/c1-10(2)9-22-12(18)11(7-6-8-21-13(16)19)17-14(20)23-15(3,4)5/h10-11H,6-9H2,1-5H3,(H,17,20)/t11-/m0/s1. The number of hydrogen-bond acceptors (Lipinski definition) is 6. The summed E-state index contributed by atoms with van der Waals surface area (Å²) < 4.78 is 14.8. The normalized spacial score (nSPS) is 12.5. The van der Waals surface area contributed by atoms with Gasteiger partial charge in [0.05, 0.1) is 13.2 Å². The van der Waals surface area contributed by atoms with Crippen molar-refractivity contribution in [1.29, 1.82) is 0 Å². The molecule has 0 aromatic rings. The van der Waals surface area contributed by atoms with E-state index in [1.807, 2.05) is 13.8 Å². The molecule has 1 N–H and O–H groups in total. The van der Waals surface area contributed by atoms with Crippen LogP contribution in [0.4, 0.5) is 9.59 Å². The van der Waals surface area contributed by atoms with E-state index >= 15 is 0 Å². The van der Waals surface area contributed by atoms with Gasteiger partial charge in [-0.3, -0.25) is 0 Å². The summed E-state index contributed by atoms with van der Waals surface area (Å²) in [5, 5.41) is 2.48. The minimum atomic E-state index is -0.913. The van der Waals surface area contributed by atoms with Crippen LogP contribution in [0, 0.1) is 5.92 Å². The second-order valence-electron chi connectivity index (χ2n) is 6.45. The van der Waals surface area contributed by atoms with E-state index in [0.717, 1.165) is 0 Å². The predicted molar refractivity (Wildman–Crippen MR) is 85.4 cm³/mol. The summed E-state index contributed by atoms with van der Waals surface area (Å²) in [4.78, 5) is 34.4. The van der Waals surface area contributed by atoms with Crippen molar-refractivity contribution in [3.8, 4) is 0 Å². The van der Waals surface area contributed by atoms with Gasteiger partial charge < -0.3 is 19.5 Å². The van der Waals surface area contributed by atoms with Gasteiger partial charge in [-0.1, -0.05) is 13.8 Å². The molecule has 0 aliphatic heterocycles. The third-order valence-corrected chi connectivity index (χ3v) is 2.50. The minimum absolute atomic E-state index is 0.0479. The highest BCUT2D eigenvalue weighted by atomic mass is 35.5. The number of carbonyl (C=O) groups is 3. The van der Waals surface area contributed by atoms with Gasteiger partial charge in [-0.25, -0.2) is 14.4 Å². The second-order valence-corrected chi connectivity index (χ2v) is 6.76. The zero-order valence-electron chi connectivity index (χ0n) is 14.3. The van der Waals surface area contributed by atoms with Gasteiger partial charge in [-0.05, 0) is 39.5 Å². The van der Waals surface area contributed by atoms with Crippen LogP contribution in [0.5, 0.6) is 0 Å². The minimum Gasteiger partial charge on any atom is -0.464 e. The number of halogens is 1. The SMILES string of the molecule is CC(C)COC(=O)[C@H](CCCOC(=O)Cl)NC(=O)OC(C)(C)C. The Labute approximate surface area is 142 Å². The third kappa shape index (κ3) is 12.7. The van der Waals surface area contributed by atoms with Crippen LogP contribution in [0.3, 0.4) is 0 Å². The smallest absolute Gasteiger partial charge is 0.408 e. The number of alkyl carbamates (subject to hydrolysis) is 1. The maximum absolute atomic E-state index is 12.1. The molecule has 8 heteroatoms. The van der Waals surface area contributed by atoms with Crippen LogP contribution in [0.25, 0.3) is 0 Å². The zero-order valence-corrected chi connectivity index (χ0v) is 15.1. The molecular formula is C15H26ClNO6. The summed E-state index contributed by atoms with van der Waals surface area (Å²) in [6, 6.07) is -0.877. The first kappa shape index (κ1) is 21.5. The van der Waals surface area contributed by atoms with Crippen molar-refractivity contribution in [2.45, 2.75) is 59.1 Å². The van der Waals surface area contributed by atoms with E-state index in [4.69, 9.17) is 21.1 Å². The van der Waals surface area contributed by atoms with Crippen molar-refractivity contribution in [2.75, 3.05) is 13.2 Å². The topological polar surface area (TPSA) is 90.9 Å². The first-order valence-electron chi connectivity index (χ1n) is 7.49. The predicted octanol–water partition coefficient (Wildman–Crippen LogP) is 3.23. The highest BCUT2D eigenvalue weighted by Crippen LogP contribution is 2.09. The van der Waals surface area contributed by atoms with Gasteiger partial charge in [0.15, 0.2) is 0 Å². The first-order chi connectivity index (χ1) is 10.5. The monoisotopic (exact) mass is 351 g/mol. The largest absolute Gasteiger partial charge is 0.464 e. The summed E-state index contributed by atoms with van der Waals surface area (Å²) in [7, 11) is 0. The van der Waals surface area contributed by atoms with Crippen LogP contribution >= 0.6 is 11.6 Å². The molecular weight excluding hydrogens is 326 g/mol.